The lowest BCUT2D eigenvalue weighted by Crippen LogP contribution is -2.46. The summed E-state index contributed by atoms with van der Waals surface area (Å²) in [4.78, 5) is 32.4. The zero-order chi connectivity index (χ0) is 26.0. The molecule has 1 amide bonds. The second-order valence-corrected chi connectivity index (χ2v) is 11.9. The third-order valence-electron chi connectivity index (χ3n) is 8.62. The zero-order valence-electron chi connectivity index (χ0n) is 22.7. The molecule has 0 radical (unpaired) electrons. The molecule has 0 unspecified atom stereocenters. The minimum absolute atomic E-state index is 0.0480. The second-order valence-electron chi connectivity index (χ2n) is 11.9. The summed E-state index contributed by atoms with van der Waals surface area (Å²) in [7, 11) is 0. The molecule has 5 rings (SSSR count). The van der Waals surface area contributed by atoms with Crippen LogP contribution in [-0.4, -0.2) is 27.7 Å². The Labute approximate surface area is 220 Å². The summed E-state index contributed by atoms with van der Waals surface area (Å²) in [6.45, 7) is 6.88. The summed E-state index contributed by atoms with van der Waals surface area (Å²) in [5.41, 5.74) is 9.47. The number of ether oxygens (including phenoxy) is 1. The van der Waals surface area contributed by atoms with Gasteiger partial charge in [-0.3, -0.25) is 25.0 Å². The fourth-order valence-electron chi connectivity index (χ4n) is 6.79. The van der Waals surface area contributed by atoms with Crippen LogP contribution >= 0.6 is 0 Å². The molecule has 2 N–H and O–H groups in total. The van der Waals surface area contributed by atoms with Crippen LogP contribution in [0.15, 0.2) is 29.1 Å². The van der Waals surface area contributed by atoms with Crippen LogP contribution in [0.2, 0.25) is 0 Å². The van der Waals surface area contributed by atoms with E-state index in [4.69, 9.17) is 9.72 Å². The Morgan fingerprint density at radius 3 is 2.70 bits per heavy atom. The predicted molar refractivity (Wildman–Crippen MR) is 147 cm³/mol. The highest BCUT2D eigenvalue weighted by molar-refractivity contribution is 5.77. The van der Waals surface area contributed by atoms with Gasteiger partial charge in [0, 0.05) is 30.0 Å². The number of amides is 1. The standard InChI is InChI=1S/C30H42N4O3/c1-4-5-7-14-24(35)32-33-28-31-26-23-13-9-8-12-21(23)19-30(16-10-6-11-17-30)25(26)27(36)34(28)22-15-18-37-29(2,3)20-22/h8-9,12-13,22H,4-7,10-11,14-20H2,1-3H3,(H,31,33)(H,32,35)/t22-/m1/s1. The third-order valence-corrected chi connectivity index (χ3v) is 8.62. The zero-order valence-corrected chi connectivity index (χ0v) is 22.7. The van der Waals surface area contributed by atoms with E-state index in [0.717, 1.165) is 81.0 Å². The average Bonchev–Trinajstić information content (AvgIpc) is 2.87. The lowest BCUT2D eigenvalue weighted by Gasteiger charge is -2.43. The second kappa shape index (κ2) is 10.6. The van der Waals surface area contributed by atoms with E-state index < -0.39 is 0 Å². The predicted octanol–water partition coefficient (Wildman–Crippen LogP) is 5.82. The van der Waals surface area contributed by atoms with Crippen LogP contribution in [-0.2, 0) is 21.4 Å². The van der Waals surface area contributed by atoms with Gasteiger partial charge in [-0.2, -0.15) is 0 Å². The monoisotopic (exact) mass is 506 g/mol. The van der Waals surface area contributed by atoms with Crippen molar-refractivity contribution < 1.29 is 9.53 Å². The van der Waals surface area contributed by atoms with E-state index in [1.165, 1.54) is 12.0 Å². The molecule has 0 bridgehead atoms. The lowest BCUT2D eigenvalue weighted by molar-refractivity contribution is -0.120. The van der Waals surface area contributed by atoms with Crippen LogP contribution in [0.1, 0.15) is 109 Å². The molecular weight excluding hydrogens is 464 g/mol. The fraction of sp³-hybridized carbons (Fsp3) is 0.633. The Balaban J connectivity index is 1.62. The number of unbranched alkanes of at least 4 members (excludes halogenated alkanes) is 2. The number of rotatable bonds is 7. The Kier molecular flexibility index (Phi) is 7.44. The van der Waals surface area contributed by atoms with Crippen LogP contribution in [0.5, 0.6) is 0 Å². The number of hydrazine groups is 1. The number of benzene rings is 1. The number of hydrogen-bond donors (Lipinski definition) is 2. The molecule has 1 aromatic carbocycles. The molecule has 2 fully saturated rings. The quantitative estimate of drug-likeness (QED) is 0.365. The number of carbonyl (C=O) groups excluding carboxylic acids is 1. The molecule has 200 valence electrons. The highest BCUT2D eigenvalue weighted by Crippen LogP contribution is 2.49. The molecule has 2 aliphatic carbocycles. The minimum Gasteiger partial charge on any atom is -0.375 e. The van der Waals surface area contributed by atoms with Gasteiger partial charge in [0.05, 0.1) is 16.9 Å². The maximum atomic E-state index is 14.6. The summed E-state index contributed by atoms with van der Waals surface area (Å²) in [5, 5.41) is 0. The Hall–Kier alpha value is -2.67. The van der Waals surface area contributed by atoms with Crippen molar-refractivity contribution in [3.63, 3.8) is 0 Å². The van der Waals surface area contributed by atoms with Crippen LogP contribution in [0.25, 0.3) is 11.3 Å². The van der Waals surface area contributed by atoms with Gasteiger partial charge in [0.15, 0.2) is 0 Å². The van der Waals surface area contributed by atoms with Gasteiger partial charge >= 0.3 is 0 Å². The van der Waals surface area contributed by atoms with Crippen molar-refractivity contribution in [2.24, 2.45) is 0 Å². The van der Waals surface area contributed by atoms with Crippen LogP contribution in [0.3, 0.4) is 0 Å². The van der Waals surface area contributed by atoms with Crippen molar-refractivity contribution in [2.45, 2.75) is 115 Å². The third kappa shape index (κ3) is 5.20. The minimum atomic E-state index is -0.325. The maximum Gasteiger partial charge on any atom is 0.259 e. The number of nitrogens with one attached hydrogen (secondary N) is 2. The summed E-state index contributed by atoms with van der Waals surface area (Å²) < 4.78 is 7.84. The van der Waals surface area contributed by atoms with E-state index in [1.807, 2.05) is 10.6 Å². The number of nitrogens with zero attached hydrogens (tertiary/aromatic N) is 2. The molecule has 7 nitrogen and oxygen atoms in total. The molecule has 1 spiro atoms. The van der Waals surface area contributed by atoms with Gasteiger partial charge in [-0.25, -0.2) is 4.98 Å². The van der Waals surface area contributed by atoms with Crippen molar-refractivity contribution in [3.8, 4) is 11.3 Å². The fourth-order valence-corrected chi connectivity index (χ4v) is 6.79. The molecule has 3 aliphatic rings. The van der Waals surface area contributed by atoms with E-state index in [1.54, 1.807) is 0 Å². The van der Waals surface area contributed by atoms with Crippen molar-refractivity contribution in [1.82, 2.24) is 15.0 Å². The van der Waals surface area contributed by atoms with E-state index in [-0.39, 0.29) is 28.5 Å². The molecule has 1 aromatic heterocycles. The van der Waals surface area contributed by atoms with E-state index in [9.17, 15) is 9.59 Å². The summed E-state index contributed by atoms with van der Waals surface area (Å²) in [6, 6.07) is 8.34. The lowest BCUT2D eigenvalue weighted by atomic mass is 9.62. The highest BCUT2D eigenvalue weighted by Gasteiger charge is 2.44. The van der Waals surface area contributed by atoms with Gasteiger partial charge in [-0.05, 0) is 57.9 Å². The highest BCUT2D eigenvalue weighted by atomic mass is 16.5. The molecule has 37 heavy (non-hydrogen) atoms. The number of anilines is 1. The molecule has 1 aliphatic heterocycles. The first-order chi connectivity index (χ1) is 17.8. The van der Waals surface area contributed by atoms with Gasteiger partial charge in [0.25, 0.3) is 5.56 Å². The van der Waals surface area contributed by atoms with Crippen LogP contribution in [0.4, 0.5) is 5.95 Å². The van der Waals surface area contributed by atoms with Gasteiger partial charge in [0.1, 0.15) is 0 Å². The first kappa shape index (κ1) is 26.0. The molecule has 2 aromatic rings. The van der Waals surface area contributed by atoms with Crippen molar-refractivity contribution in [1.29, 1.82) is 0 Å². The SMILES string of the molecule is CCCCCC(=O)NNc1nc2c(c(=O)n1[C@@H]1CCOC(C)(C)C1)C1(CCCCC1)Cc1ccccc1-2. The Morgan fingerprint density at radius 2 is 1.95 bits per heavy atom. The van der Waals surface area contributed by atoms with E-state index in [2.05, 4.69) is 49.8 Å². The molecule has 7 heteroatoms. The molecule has 1 atom stereocenters. The number of hydrogen-bond acceptors (Lipinski definition) is 5. The van der Waals surface area contributed by atoms with E-state index >= 15 is 0 Å². The van der Waals surface area contributed by atoms with Crippen molar-refractivity contribution >= 4 is 11.9 Å². The van der Waals surface area contributed by atoms with Gasteiger partial charge < -0.3 is 4.74 Å². The summed E-state index contributed by atoms with van der Waals surface area (Å²) in [5.74, 6) is 0.349. The maximum absolute atomic E-state index is 14.6. The number of fused-ring (bicyclic) bond motifs is 4. The summed E-state index contributed by atoms with van der Waals surface area (Å²) >= 11 is 0. The van der Waals surface area contributed by atoms with E-state index in [0.29, 0.717) is 19.0 Å². The molecule has 1 saturated heterocycles. The first-order valence-electron chi connectivity index (χ1n) is 14.3. The Bertz CT molecular complexity index is 1200. The normalized spacial score (nSPS) is 21.6. The smallest absolute Gasteiger partial charge is 0.259 e. The van der Waals surface area contributed by atoms with Crippen molar-refractivity contribution in [2.75, 3.05) is 12.0 Å². The summed E-state index contributed by atoms with van der Waals surface area (Å²) in [6.07, 6.45) is 11.3. The van der Waals surface area contributed by atoms with Crippen LogP contribution in [0, 0.1) is 0 Å². The molecule has 2 heterocycles. The van der Waals surface area contributed by atoms with Gasteiger partial charge in [-0.1, -0.05) is 63.3 Å². The largest absolute Gasteiger partial charge is 0.375 e. The van der Waals surface area contributed by atoms with Crippen LogP contribution < -0.4 is 16.4 Å². The molecular formula is C30H42N4O3. The topological polar surface area (TPSA) is 85.3 Å². The number of carbonyl (C=O) groups is 1. The van der Waals surface area contributed by atoms with Gasteiger partial charge in [-0.15, -0.1) is 0 Å². The Morgan fingerprint density at radius 1 is 1.16 bits per heavy atom. The first-order valence-corrected chi connectivity index (χ1v) is 14.3. The number of aromatic nitrogens is 2. The van der Waals surface area contributed by atoms with Crippen molar-refractivity contribution in [3.05, 3.63) is 45.7 Å². The van der Waals surface area contributed by atoms with Gasteiger partial charge in [0.2, 0.25) is 11.9 Å². The molecule has 1 saturated carbocycles. The average molecular weight is 507 g/mol.